The lowest BCUT2D eigenvalue weighted by molar-refractivity contribution is -0.134. The van der Waals surface area contributed by atoms with Gasteiger partial charge in [-0.2, -0.15) is 0 Å². The van der Waals surface area contributed by atoms with Gasteiger partial charge in [0.15, 0.2) is 0 Å². The predicted molar refractivity (Wildman–Crippen MR) is 175 cm³/mol. The van der Waals surface area contributed by atoms with Gasteiger partial charge in [-0.1, -0.05) is 104 Å². The molecule has 0 aliphatic heterocycles. The summed E-state index contributed by atoms with van der Waals surface area (Å²) in [6.45, 7) is 11.0. The van der Waals surface area contributed by atoms with Gasteiger partial charge in [0, 0.05) is 18.3 Å². The number of benzene rings is 1. The van der Waals surface area contributed by atoms with E-state index in [9.17, 15) is 9.59 Å². The predicted octanol–water partition coefficient (Wildman–Crippen LogP) is 11.5. The molecular weight excluding hydrogens is 504 g/mol. The van der Waals surface area contributed by atoms with Crippen molar-refractivity contribution in [2.45, 2.75) is 169 Å². The van der Waals surface area contributed by atoms with E-state index in [1.165, 1.54) is 81.8 Å². The fourth-order valence-corrected chi connectivity index (χ4v) is 6.52. The number of hydrogen-bond donors (Lipinski definition) is 0. The summed E-state index contributed by atoms with van der Waals surface area (Å²) in [6.07, 6.45) is 27.1. The van der Waals surface area contributed by atoms with Gasteiger partial charge in [-0.15, -0.1) is 0 Å². The Balaban J connectivity index is 1.63. The van der Waals surface area contributed by atoms with Crippen molar-refractivity contribution in [2.75, 3.05) is 0 Å². The van der Waals surface area contributed by atoms with Crippen LogP contribution >= 0.6 is 0 Å². The van der Waals surface area contributed by atoms with Crippen molar-refractivity contribution < 1.29 is 14.3 Å². The number of aryl methyl sites for hydroxylation is 1. The highest BCUT2D eigenvalue weighted by atomic mass is 16.5. The Bertz CT molecular complexity index is 916. The molecule has 3 nitrogen and oxygen atoms in total. The molecule has 1 aliphatic rings. The maximum Gasteiger partial charge on any atom is 0.311 e. The number of carbonyl (C=O) groups excluding carboxylic acids is 2. The van der Waals surface area contributed by atoms with E-state index in [0.29, 0.717) is 36.2 Å². The second-order valence-corrected chi connectivity index (χ2v) is 13.0. The molecule has 1 aliphatic carbocycles. The fraction of sp³-hybridized carbons (Fsp3) is 0.737. The number of ketones is 1. The number of Topliss-reactive ketones (excluding diaryl/α,β-unsaturated/α-hetero) is 1. The molecule has 3 atom stereocenters. The van der Waals surface area contributed by atoms with Crippen LogP contribution in [-0.4, -0.2) is 11.8 Å². The van der Waals surface area contributed by atoms with Crippen LogP contribution in [0.5, 0.6) is 5.75 Å². The first-order valence-electron chi connectivity index (χ1n) is 17.4. The zero-order valence-corrected chi connectivity index (χ0v) is 27.4. The van der Waals surface area contributed by atoms with E-state index in [-0.39, 0.29) is 11.4 Å². The van der Waals surface area contributed by atoms with E-state index < -0.39 is 0 Å². The van der Waals surface area contributed by atoms with Crippen molar-refractivity contribution in [3.8, 4) is 5.75 Å². The summed E-state index contributed by atoms with van der Waals surface area (Å²) < 4.78 is 5.73. The molecule has 0 bridgehead atoms. The van der Waals surface area contributed by atoms with Crippen LogP contribution in [0, 0.1) is 11.3 Å². The van der Waals surface area contributed by atoms with Gasteiger partial charge in [0.1, 0.15) is 11.5 Å². The quantitative estimate of drug-likeness (QED) is 0.0606. The van der Waals surface area contributed by atoms with Gasteiger partial charge in [-0.25, -0.2) is 0 Å². The van der Waals surface area contributed by atoms with Crippen LogP contribution in [0.3, 0.4) is 0 Å². The van der Waals surface area contributed by atoms with Gasteiger partial charge >= 0.3 is 5.97 Å². The molecule has 0 aromatic heterocycles. The van der Waals surface area contributed by atoms with Crippen molar-refractivity contribution in [3.63, 3.8) is 0 Å². The summed E-state index contributed by atoms with van der Waals surface area (Å²) in [5.41, 5.74) is 2.45. The number of fused-ring (bicyclic) bond motifs is 1. The third-order valence-electron chi connectivity index (χ3n) is 9.61. The highest BCUT2D eigenvalue weighted by Gasteiger charge is 2.37. The minimum atomic E-state index is -0.216. The number of allylic oxidation sites excluding steroid dienone is 2. The monoisotopic (exact) mass is 566 g/mol. The summed E-state index contributed by atoms with van der Waals surface area (Å²) in [5.74, 6) is 1.93. The Hall–Kier alpha value is -1.90. The van der Waals surface area contributed by atoms with Crippen molar-refractivity contribution in [1.82, 2.24) is 0 Å². The van der Waals surface area contributed by atoms with Gasteiger partial charge < -0.3 is 4.74 Å². The topological polar surface area (TPSA) is 43.4 Å². The first-order valence-corrected chi connectivity index (χ1v) is 17.4. The first kappa shape index (κ1) is 35.3. The second kappa shape index (κ2) is 20.1. The molecule has 0 heterocycles. The third kappa shape index (κ3) is 12.9. The average Bonchev–Trinajstić information content (AvgIpc) is 2.96. The molecule has 0 saturated carbocycles. The van der Waals surface area contributed by atoms with E-state index in [1.807, 2.05) is 6.07 Å². The lowest BCUT2D eigenvalue weighted by Crippen LogP contribution is -2.32. The SMILES string of the molecule is CCCCCCCC/C=C\CCCCCCCC(=O)Oc1ccc2c(c1)CC[C@@H](C[C@](C)(CC)C(=O)CCC)[C@@H]2C. The van der Waals surface area contributed by atoms with Crippen LogP contribution in [0.2, 0.25) is 0 Å². The summed E-state index contributed by atoms with van der Waals surface area (Å²) in [4.78, 5) is 25.3. The number of unbranched alkanes of at least 4 members (excludes halogenated alkanes) is 11. The molecule has 0 saturated heterocycles. The fourth-order valence-electron chi connectivity index (χ4n) is 6.52. The van der Waals surface area contributed by atoms with E-state index >= 15 is 0 Å². The molecule has 0 fully saturated rings. The summed E-state index contributed by atoms with van der Waals surface area (Å²) in [6, 6.07) is 6.21. The Labute approximate surface area is 253 Å². The highest BCUT2D eigenvalue weighted by molar-refractivity contribution is 5.84. The molecule has 3 heteroatoms. The Kier molecular flexibility index (Phi) is 17.3. The number of hydrogen-bond acceptors (Lipinski definition) is 3. The van der Waals surface area contributed by atoms with Crippen molar-refractivity contribution in [3.05, 3.63) is 41.5 Å². The lowest BCUT2D eigenvalue weighted by atomic mass is 9.66. The molecule has 2 rings (SSSR count). The Morgan fingerprint density at radius 1 is 0.854 bits per heavy atom. The van der Waals surface area contributed by atoms with Crippen LogP contribution in [0.25, 0.3) is 0 Å². The van der Waals surface area contributed by atoms with Gasteiger partial charge in [0.05, 0.1) is 0 Å². The molecule has 1 aromatic rings. The molecule has 1 aromatic carbocycles. The minimum absolute atomic E-state index is 0.113. The molecular formula is C38H62O3. The van der Waals surface area contributed by atoms with Crippen LogP contribution in [0.4, 0.5) is 0 Å². The third-order valence-corrected chi connectivity index (χ3v) is 9.61. The maximum atomic E-state index is 12.8. The summed E-state index contributed by atoms with van der Waals surface area (Å²) in [7, 11) is 0. The number of rotatable bonds is 22. The van der Waals surface area contributed by atoms with E-state index in [2.05, 4.69) is 58.9 Å². The molecule has 0 unspecified atom stereocenters. The van der Waals surface area contributed by atoms with Crippen LogP contribution in [0.1, 0.15) is 174 Å². The van der Waals surface area contributed by atoms with Gasteiger partial charge in [-0.3, -0.25) is 9.59 Å². The maximum absolute atomic E-state index is 12.8. The normalized spacial score (nSPS) is 18.3. The lowest BCUT2D eigenvalue weighted by Gasteiger charge is -2.37. The standard InChI is InChI=1S/C38H62O3/c1-6-9-10-11-12-13-14-15-16-17-18-19-20-21-22-24-37(40)41-34-27-28-35-31(4)33(26-25-32(35)29-34)30-38(5,8-3)36(39)23-7-2/h15-16,27-29,31,33H,6-14,17-26,30H2,1-5H3/b16-15-/t31-,33-,38-/m0/s1. The van der Waals surface area contributed by atoms with Gasteiger partial charge in [-0.05, 0) is 99.3 Å². The van der Waals surface area contributed by atoms with Crippen LogP contribution < -0.4 is 4.74 Å². The molecule has 0 spiro atoms. The van der Waals surface area contributed by atoms with Crippen LogP contribution in [-0.2, 0) is 16.0 Å². The zero-order chi connectivity index (χ0) is 29.9. The number of esters is 1. The first-order chi connectivity index (χ1) is 19.8. The van der Waals surface area contributed by atoms with Crippen molar-refractivity contribution in [1.29, 1.82) is 0 Å². The second-order valence-electron chi connectivity index (χ2n) is 13.0. The summed E-state index contributed by atoms with van der Waals surface area (Å²) >= 11 is 0. The largest absolute Gasteiger partial charge is 0.427 e. The van der Waals surface area contributed by atoms with E-state index in [1.54, 1.807) is 0 Å². The number of ether oxygens (including phenoxy) is 1. The molecule has 0 amide bonds. The van der Waals surface area contributed by atoms with Gasteiger partial charge in [0.2, 0.25) is 0 Å². The molecule has 0 N–H and O–H groups in total. The highest BCUT2D eigenvalue weighted by Crippen LogP contribution is 2.44. The summed E-state index contributed by atoms with van der Waals surface area (Å²) in [5, 5.41) is 0. The molecule has 41 heavy (non-hydrogen) atoms. The van der Waals surface area contributed by atoms with Crippen molar-refractivity contribution in [2.24, 2.45) is 11.3 Å². The smallest absolute Gasteiger partial charge is 0.311 e. The van der Waals surface area contributed by atoms with E-state index in [4.69, 9.17) is 4.74 Å². The van der Waals surface area contributed by atoms with Gasteiger partial charge in [0.25, 0.3) is 0 Å². The van der Waals surface area contributed by atoms with Crippen molar-refractivity contribution >= 4 is 11.8 Å². The zero-order valence-electron chi connectivity index (χ0n) is 27.4. The molecule has 0 radical (unpaired) electrons. The minimum Gasteiger partial charge on any atom is -0.427 e. The number of carbonyl (C=O) groups is 2. The Morgan fingerprint density at radius 3 is 2.12 bits per heavy atom. The van der Waals surface area contributed by atoms with Crippen LogP contribution in [0.15, 0.2) is 30.4 Å². The molecule has 232 valence electrons. The Morgan fingerprint density at radius 2 is 1.49 bits per heavy atom. The average molecular weight is 567 g/mol. The van der Waals surface area contributed by atoms with E-state index in [0.717, 1.165) is 44.9 Å².